The molecule has 0 bridgehead atoms. The van der Waals surface area contributed by atoms with Crippen LogP contribution in [0.5, 0.6) is 0 Å². The first-order valence-electron chi connectivity index (χ1n) is 6.90. The highest BCUT2D eigenvalue weighted by molar-refractivity contribution is 7.92. The minimum atomic E-state index is -4.61. The van der Waals surface area contributed by atoms with Crippen LogP contribution in [0.4, 0.5) is 24.5 Å². The number of hydrogen-bond donors (Lipinski definition) is 2. The minimum Gasteiger partial charge on any atom is -0.320 e. The van der Waals surface area contributed by atoms with E-state index in [1.807, 2.05) is 0 Å². The van der Waals surface area contributed by atoms with Crippen molar-refractivity contribution in [2.45, 2.75) is 13.1 Å². The number of nitrogens with zero attached hydrogens (tertiary/aromatic N) is 1. The van der Waals surface area contributed by atoms with Gasteiger partial charge >= 0.3 is 6.18 Å². The molecule has 0 aliphatic carbocycles. The number of benzene rings is 1. The van der Waals surface area contributed by atoms with Gasteiger partial charge in [-0.05, 0) is 31.2 Å². The van der Waals surface area contributed by atoms with E-state index in [1.165, 1.54) is 19.1 Å². The molecule has 0 fully saturated rings. The van der Waals surface area contributed by atoms with Gasteiger partial charge in [0.1, 0.15) is 5.69 Å². The summed E-state index contributed by atoms with van der Waals surface area (Å²) in [5, 5.41) is 2.46. The Morgan fingerprint density at radius 1 is 1.08 bits per heavy atom. The van der Waals surface area contributed by atoms with E-state index in [4.69, 9.17) is 0 Å². The number of para-hydroxylation sites is 2. The molecule has 2 aromatic rings. The summed E-state index contributed by atoms with van der Waals surface area (Å²) in [6.07, 6.45) is -3.65. The molecule has 1 heterocycles. The Balaban J connectivity index is 2.29. The molecule has 0 radical (unpaired) electrons. The summed E-state index contributed by atoms with van der Waals surface area (Å²) in [6.45, 7) is 1.28. The number of rotatable bonds is 4. The van der Waals surface area contributed by atoms with Gasteiger partial charge in [0, 0.05) is 0 Å². The van der Waals surface area contributed by atoms with E-state index in [-0.39, 0.29) is 22.6 Å². The largest absolute Gasteiger partial charge is 0.433 e. The molecule has 1 aromatic heterocycles. The number of carbonyl (C=O) groups is 1. The van der Waals surface area contributed by atoms with Crippen LogP contribution in [0.1, 0.15) is 21.7 Å². The number of halogens is 3. The Labute approximate surface area is 142 Å². The van der Waals surface area contributed by atoms with Gasteiger partial charge in [0.2, 0.25) is 10.0 Å². The maximum atomic E-state index is 12.6. The van der Waals surface area contributed by atoms with Crippen molar-refractivity contribution in [2.24, 2.45) is 0 Å². The minimum absolute atomic E-state index is 0.0536. The number of hydrogen-bond acceptors (Lipinski definition) is 4. The molecule has 0 saturated carbocycles. The highest BCUT2D eigenvalue weighted by atomic mass is 32.2. The number of sulfonamides is 1. The lowest BCUT2D eigenvalue weighted by atomic mass is 10.1. The second kappa shape index (κ2) is 6.71. The Morgan fingerprint density at radius 2 is 1.68 bits per heavy atom. The van der Waals surface area contributed by atoms with Gasteiger partial charge in [0.25, 0.3) is 5.91 Å². The predicted molar refractivity (Wildman–Crippen MR) is 86.8 cm³/mol. The van der Waals surface area contributed by atoms with Crippen LogP contribution < -0.4 is 10.0 Å². The zero-order valence-corrected chi connectivity index (χ0v) is 14.0. The van der Waals surface area contributed by atoms with Crippen molar-refractivity contribution in [1.82, 2.24) is 4.98 Å². The maximum Gasteiger partial charge on any atom is 0.433 e. The fraction of sp³-hybridized carbons (Fsp3) is 0.200. The van der Waals surface area contributed by atoms with E-state index in [9.17, 15) is 26.4 Å². The van der Waals surface area contributed by atoms with Gasteiger partial charge in [-0.2, -0.15) is 13.2 Å². The number of aryl methyl sites for hydroxylation is 1. The average Bonchev–Trinajstić information content (AvgIpc) is 2.46. The number of nitrogens with one attached hydrogen (secondary N) is 2. The van der Waals surface area contributed by atoms with Crippen LogP contribution in [0.3, 0.4) is 0 Å². The van der Waals surface area contributed by atoms with Crippen LogP contribution in [-0.4, -0.2) is 25.6 Å². The van der Waals surface area contributed by atoms with Crippen molar-refractivity contribution < 1.29 is 26.4 Å². The van der Waals surface area contributed by atoms with Crippen molar-refractivity contribution in [3.05, 3.63) is 53.3 Å². The topological polar surface area (TPSA) is 88.2 Å². The predicted octanol–water partition coefficient (Wildman–Crippen LogP) is 3.03. The molecule has 0 spiro atoms. The van der Waals surface area contributed by atoms with E-state index in [2.05, 4.69) is 15.0 Å². The van der Waals surface area contributed by atoms with Gasteiger partial charge in [-0.1, -0.05) is 12.1 Å². The third kappa shape index (κ3) is 4.92. The molecule has 1 aromatic carbocycles. The van der Waals surface area contributed by atoms with Gasteiger partial charge in [-0.3, -0.25) is 9.52 Å². The molecule has 0 aliphatic heterocycles. The SMILES string of the molecule is Cc1nc(C(F)(F)F)ccc1C(=O)Nc1ccccc1NS(C)(=O)=O. The smallest absolute Gasteiger partial charge is 0.320 e. The van der Waals surface area contributed by atoms with E-state index in [0.29, 0.717) is 6.07 Å². The van der Waals surface area contributed by atoms with E-state index < -0.39 is 27.8 Å². The third-order valence-electron chi connectivity index (χ3n) is 3.09. The molecule has 10 heteroatoms. The number of pyridine rings is 1. The Kier molecular flexibility index (Phi) is 5.02. The summed E-state index contributed by atoms with van der Waals surface area (Å²) in [4.78, 5) is 15.7. The van der Waals surface area contributed by atoms with Crippen molar-refractivity contribution in [1.29, 1.82) is 0 Å². The molecule has 2 N–H and O–H groups in total. The van der Waals surface area contributed by atoms with Crippen molar-refractivity contribution >= 4 is 27.3 Å². The Morgan fingerprint density at radius 3 is 2.20 bits per heavy atom. The Bertz CT molecular complexity index is 912. The van der Waals surface area contributed by atoms with Crippen LogP contribution >= 0.6 is 0 Å². The molecule has 2 rings (SSSR count). The van der Waals surface area contributed by atoms with E-state index >= 15 is 0 Å². The summed E-state index contributed by atoms with van der Waals surface area (Å²) >= 11 is 0. The van der Waals surface area contributed by atoms with Crippen LogP contribution in [0.25, 0.3) is 0 Å². The normalized spacial score (nSPS) is 11.9. The van der Waals surface area contributed by atoms with Gasteiger partial charge < -0.3 is 5.32 Å². The highest BCUT2D eigenvalue weighted by Crippen LogP contribution is 2.28. The standard InChI is InChI=1S/C15H14F3N3O3S/c1-9-10(7-8-13(19-9)15(16,17)18)14(22)20-11-5-3-4-6-12(11)21-25(2,23)24/h3-8,21H,1-2H3,(H,20,22). The fourth-order valence-electron chi connectivity index (χ4n) is 2.03. The molecule has 1 amide bonds. The highest BCUT2D eigenvalue weighted by Gasteiger charge is 2.33. The molecule has 0 aliphatic rings. The first-order chi connectivity index (χ1) is 11.5. The van der Waals surface area contributed by atoms with Crippen molar-refractivity contribution in [2.75, 3.05) is 16.3 Å². The van der Waals surface area contributed by atoms with Crippen molar-refractivity contribution in [3.8, 4) is 0 Å². The first kappa shape index (κ1) is 18.7. The van der Waals surface area contributed by atoms with E-state index in [1.54, 1.807) is 12.1 Å². The zero-order chi connectivity index (χ0) is 18.8. The quantitative estimate of drug-likeness (QED) is 0.862. The van der Waals surface area contributed by atoms with Crippen LogP contribution in [0, 0.1) is 6.92 Å². The average molecular weight is 373 g/mol. The lowest BCUT2D eigenvalue weighted by molar-refractivity contribution is -0.141. The van der Waals surface area contributed by atoms with Gasteiger partial charge in [0.15, 0.2) is 0 Å². The number of alkyl halides is 3. The summed E-state index contributed by atoms with van der Waals surface area (Å²) < 4.78 is 62.8. The summed E-state index contributed by atoms with van der Waals surface area (Å²) in [7, 11) is -3.57. The van der Waals surface area contributed by atoms with Crippen LogP contribution in [-0.2, 0) is 16.2 Å². The summed E-state index contributed by atoms with van der Waals surface area (Å²) in [6, 6.07) is 7.76. The fourth-order valence-corrected chi connectivity index (χ4v) is 2.61. The Hall–Kier alpha value is -2.62. The maximum absolute atomic E-state index is 12.6. The number of carbonyl (C=O) groups excluding carboxylic acids is 1. The van der Waals surface area contributed by atoms with Gasteiger partial charge in [-0.25, -0.2) is 13.4 Å². The monoisotopic (exact) mass is 373 g/mol. The van der Waals surface area contributed by atoms with Gasteiger partial charge in [-0.15, -0.1) is 0 Å². The molecule has 134 valence electrons. The molecular weight excluding hydrogens is 359 g/mol. The number of anilines is 2. The molecule has 0 atom stereocenters. The number of amides is 1. The molecule has 0 unspecified atom stereocenters. The lowest BCUT2D eigenvalue weighted by Crippen LogP contribution is -2.18. The molecule has 25 heavy (non-hydrogen) atoms. The lowest BCUT2D eigenvalue weighted by Gasteiger charge is -2.13. The van der Waals surface area contributed by atoms with Crippen molar-refractivity contribution in [3.63, 3.8) is 0 Å². The molecule has 6 nitrogen and oxygen atoms in total. The molecular formula is C15H14F3N3O3S. The van der Waals surface area contributed by atoms with Crippen LogP contribution in [0.2, 0.25) is 0 Å². The first-order valence-corrected chi connectivity index (χ1v) is 8.79. The molecule has 0 saturated heterocycles. The zero-order valence-electron chi connectivity index (χ0n) is 13.2. The second-order valence-corrected chi connectivity index (χ2v) is 6.95. The number of aromatic nitrogens is 1. The van der Waals surface area contributed by atoms with Gasteiger partial charge in [0.05, 0.1) is 28.9 Å². The van der Waals surface area contributed by atoms with E-state index in [0.717, 1.165) is 12.3 Å². The second-order valence-electron chi connectivity index (χ2n) is 5.20. The van der Waals surface area contributed by atoms with Crippen LogP contribution in [0.15, 0.2) is 36.4 Å². The summed E-state index contributed by atoms with van der Waals surface area (Å²) in [5.41, 5.74) is -0.947. The third-order valence-corrected chi connectivity index (χ3v) is 3.68. The summed E-state index contributed by atoms with van der Waals surface area (Å²) in [5.74, 6) is -0.707.